The molecule has 1 aliphatic heterocycles. The molecule has 1 aliphatic rings. The van der Waals surface area contributed by atoms with Crippen molar-refractivity contribution in [2.24, 2.45) is 0 Å². The molecule has 0 saturated carbocycles. The number of esters is 1. The van der Waals surface area contributed by atoms with Crippen LogP contribution in [0, 0.1) is 5.82 Å². The molecule has 2 aromatic carbocycles. The molecule has 0 aromatic heterocycles. The van der Waals surface area contributed by atoms with Gasteiger partial charge in [-0.05, 0) is 48.5 Å². The Bertz CT molecular complexity index is 751. The zero-order valence-corrected chi connectivity index (χ0v) is 13.9. The number of anilines is 1. The summed E-state index contributed by atoms with van der Waals surface area (Å²) in [7, 11) is 1.35. The van der Waals surface area contributed by atoms with Gasteiger partial charge in [-0.3, -0.25) is 4.79 Å². The van der Waals surface area contributed by atoms with Crippen LogP contribution in [0.4, 0.5) is 10.1 Å². The molecule has 0 aliphatic carbocycles. The van der Waals surface area contributed by atoms with Crippen LogP contribution in [0.3, 0.4) is 0 Å². The molecule has 25 heavy (non-hydrogen) atoms. The number of ether oxygens (including phenoxy) is 1. The molecule has 1 amide bonds. The molecule has 0 spiro atoms. The summed E-state index contributed by atoms with van der Waals surface area (Å²) in [6.07, 6.45) is 0. The second-order valence-electron chi connectivity index (χ2n) is 5.82. The highest BCUT2D eigenvalue weighted by molar-refractivity contribution is 5.94. The van der Waals surface area contributed by atoms with Gasteiger partial charge in [0.15, 0.2) is 0 Å². The minimum absolute atomic E-state index is 0.0827. The fourth-order valence-electron chi connectivity index (χ4n) is 2.87. The summed E-state index contributed by atoms with van der Waals surface area (Å²) in [6.45, 7) is 2.58. The zero-order chi connectivity index (χ0) is 17.8. The fourth-order valence-corrected chi connectivity index (χ4v) is 2.87. The van der Waals surface area contributed by atoms with Gasteiger partial charge < -0.3 is 14.5 Å². The van der Waals surface area contributed by atoms with Crippen LogP contribution in [0.5, 0.6) is 0 Å². The lowest BCUT2D eigenvalue weighted by Gasteiger charge is -2.36. The Morgan fingerprint density at radius 3 is 2.00 bits per heavy atom. The van der Waals surface area contributed by atoms with Crippen molar-refractivity contribution < 1.29 is 18.7 Å². The van der Waals surface area contributed by atoms with Crippen molar-refractivity contribution in [2.45, 2.75) is 0 Å². The lowest BCUT2D eigenvalue weighted by atomic mass is 10.1. The van der Waals surface area contributed by atoms with Gasteiger partial charge in [0.05, 0.1) is 12.7 Å². The van der Waals surface area contributed by atoms with E-state index < -0.39 is 0 Å². The Morgan fingerprint density at radius 1 is 0.880 bits per heavy atom. The highest BCUT2D eigenvalue weighted by Gasteiger charge is 2.22. The fraction of sp³-hybridized carbons (Fsp3) is 0.263. The quantitative estimate of drug-likeness (QED) is 0.805. The van der Waals surface area contributed by atoms with Crippen LogP contribution in [0.25, 0.3) is 0 Å². The van der Waals surface area contributed by atoms with Crippen molar-refractivity contribution in [3.05, 3.63) is 65.5 Å². The van der Waals surface area contributed by atoms with Crippen molar-refractivity contribution in [2.75, 3.05) is 38.2 Å². The second-order valence-corrected chi connectivity index (χ2v) is 5.82. The monoisotopic (exact) mass is 342 g/mol. The molecule has 0 bridgehead atoms. The standard InChI is InChI=1S/C19H19FN2O3/c1-25-19(24)15-4-8-17(9-5-15)21-10-12-22(13-11-21)18(23)14-2-6-16(20)7-3-14/h2-9H,10-13H2,1H3. The average molecular weight is 342 g/mol. The molecule has 6 heteroatoms. The smallest absolute Gasteiger partial charge is 0.337 e. The van der Waals surface area contributed by atoms with E-state index >= 15 is 0 Å². The summed E-state index contributed by atoms with van der Waals surface area (Å²) < 4.78 is 17.7. The van der Waals surface area contributed by atoms with E-state index in [1.165, 1.54) is 31.4 Å². The number of piperazine rings is 1. The molecule has 0 N–H and O–H groups in total. The van der Waals surface area contributed by atoms with E-state index in [2.05, 4.69) is 4.90 Å². The lowest BCUT2D eigenvalue weighted by Crippen LogP contribution is -2.48. The van der Waals surface area contributed by atoms with Gasteiger partial charge in [-0.15, -0.1) is 0 Å². The number of benzene rings is 2. The first-order chi connectivity index (χ1) is 12.1. The van der Waals surface area contributed by atoms with Gasteiger partial charge in [-0.1, -0.05) is 0 Å². The summed E-state index contributed by atoms with van der Waals surface area (Å²) in [5.41, 5.74) is 2.01. The van der Waals surface area contributed by atoms with Crippen LogP contribution in [-0.4, -0.2) is 50.1 Å². The minimum Gasteiger partial charge on any atom is -0.465 e. The predicted octanol–water partition coefficient (Wildman–Crippen LogP) is 2.57. The molecular formula is C19H19FN2O3. The van der Waals surface area contributed by atoms with Gasteiger partial charge in [0.25, 0.3) is 5.91 Å². The van der Waals surface area contributed by atoms with Crippen LogP contribution in [0.2, 0.25) is 0 Å². The Hall–Kier alpha value is -2.89. The van der Waals surface area contributed by atoms with Crippen LogP contribution in [-0.2, 0) is 4.74 Å². The van der Waals surface area contributed by atoms with Gasteiger partial charge in [-0.2, -0.15) is 0 Å². The molecule has 3 rings (SSSR count). The number of amides is 1. The third-order valence-electron chi connectivity index (χ3n) is 4.31. The van der Waals surface area contributed by atoms with Gasteiger partial charge in [0.2, 0.25) is 0 Å². The van der Waals surface area contributed by atoms with E-state index in [-0.39, 0.29) is 17.7 Å². The second kappa shape index (κ2) is 7.34. The first-order valence-electron chi connectivity index (χ1n) is 8.06. The van der Waals surface area contributed by atoms with E-state index in [1.54, 1.807) is 17.0 Å². The molecule has 1 fully saturated rings. The number of halogens is 1. The van der Waals surface area contributed by atoms with Gasteiger partial charge in [0.1, 0.15) is 5.82 Å². The van der Waals surface area contributed by atoms with Gasteiger partial charge in [-0.25, -0.2) is 9.18 Å². The van der Waals surface area contributed by atoms with Crippen LogP contribution in [0.15, 0.2) is 48.5 Å². The summed E-state index contributed by atoms with van der Waals surface area (Å²) in [4.78, 5) is 27.8. The van der Waals surface area contributed by atoms with Crippen molar-refractivity contribution in [1.29, 1.82) is 0 Å². The van der Waals surface area contributed by atoms with Crippen LogP contribution < -0.4 is 4.90 Å². The lowest BCUT2D eigenvalue weighted by molar-refractivity contribution is 0.0600. The Labute approximate surface area is 145 Å². The number of hydrogen-bond acceptors (Lipinski definition) is 4. The molecular weight excluding hydrogens is 323 g/mol. The van der Waals surface area contributed by atoms with Crippen molar-refractivity contribution in [1.82, 2.24) is 4.90 Å². The van der Waals surface area contributed by atoms with E-state index in [0.29, 0.717) is 37.3 Å². The SMILES string of the molecule is COC(=O)c1ccc(N2CCN(C(=O)c3ccc(F)cc3)CC2)cc1. The predicted molar refractivity (Wildman–Crippen MR) is 92.3 cm³/mol. The van der Waals surface area contributed by atoms with Gasteiger partial charge >= 0.3 is 5.97 Å². The third-order valence-corrected chi connectivity index (χ3v) is 4.31. The number of carbonyl (C=O) groups is 2. The molecule has 0 atom stereocenters. The maximum absolute atomic E-state index is 13.0. The first kappa shape index (κ1) is 17.0. The zero-order valence-electron chi connectivity index (χ0n) is 13.9. The molecule has 0 unspecified atom stereocenters. The summed E-state index contributed by atoms with van der Waals surface area (Å²) in [6, 6.07) is 12.8. The van der Waals surface area contributed by atoms with Crippen molar-refractivity contribution in [3.8, 4) is 0 Å². The number of nitrogens with zero attached hydrogens (tertiary/aromatic N) is 2. The number of rotatable bonds is 3. The van der Waals surface area contributed by atoms with Crippen LogP contribution >= 0.6 is 0 Å². The molecule has 130 valence electrons. The summed E-state index contributed by atoms with van der Waals surface area (Å²) >= 11 is 0. The molecule has 2 aromatic rings. The number of hydrogen-bond donors (Lipinski definition) is 0. The largest absolute Gasteiger partial charge is 0.465 e. The summed E-state index contributed by atoms with van der Waals surface area (Å²) in [5.74, 6) is -0.793. The van der Waals surface area contributed by atoms with Gasteiger partial charge in [0, 0.05) is 37.4 Å². The normalized spacial score (nSPS) is 14.3. The van der Waals surface area contributed by atoms with Crippen molar-refractivity contribution in [3.63, 3.8) is 0 Å². The summed E-state index contributed by atoms with van der Waals surface area (Å²) in [5, 5.41) is 0. The average Bonchev–Trinajstić information content (AvgIpc) is 2.67. The Balaban J connectivity index is 1.60. The van der Waals surface area contributed by atoms with E-state index in [4.69, 9.17) is 4.74 Å². The molecule has 5 nitrogen and oxygen atoms in total. The number of methoxy groups -OCH3 is 1. The van der Waals surface area contributed by atoms with Crippen LogP contribution in [0.1, 0.15) is 20.7 Å². The van der Waals surface area contributed by atoms with E-state index in [0.717, 1.165) is 5.69 Å². The molecule has 1 saturated heterocycles. The maximum Gasteiger partial charge on any atom is 0.337 e. The molecule has 1 heterocycles. The topological polar surface area (TPSA) is 49.9 Å². The highest BCUT2D eigenvalue weighted by atomic mass is 19.1. The Morgan fingerprint density at radius 2 is 1.44 bits per heavy atom. The third kappa shape index (κ3) is 3.79. The molecule has 0 radical (unpaired) electrons. The van der Waals surface area contributed by atoms with E-state index in [1.807, 2.05) is 12.1 Å². The minimum atomic E-state index is -0.360. The van der Waals surface area contributed by atoms with E-state index in [9.17, 15) is 14.0 Å². The number of carbonyl (C=O) groups excluding carboxylic acids is 2. The first-order valence-corrected chi connectivity index (χ1v) is 8.06. The Kier molecular flexibility index (Phi) is 4.97. The maximum atomic E-state index is 13.0. The van der Waals surface area contributed by atoms with Crippen molar-refractivity contribution >= 4 is 17.6 Å². The highest BCUT2D eigenvalue weighted by Crippen LogP contribution is 2.19.